The summed E-state index contributed by atoms with van der Waals surface area (Å²) in [7, 11) is 2.18. The first-order valence-electron chi connectivity index (χ1n) is 8.61. The van der Waals surface area contributed by atoms with Crippen LogP contribution in [-0.2, 0) is 4.79 Å². The van der Waals surface area contributed by atoms with Gasteiger partial charge in [-0.2, -0.15) is 0 Å². The van der Waals surface area contributed by atoms with Crippen molar-refractivity contribution >= 4 is 22.8 Å². The molecule has 1 atom stereocenters. The molecular weight excluding hydrogens is 302 g/mol. The zero-order valence-corrected chi connectivity index (χ0v) is 14.0. The first-order valence-corrected chi connectivity index (χ1v) is 8.61. The van der Waals surface area contributed by atoms with Crippen LogP contribution in [0.2, 0.25) is 0 Å². The fourth-order valence-electron chi connectivity index (χ4n) is 3.89. The molecule has 1 N–H and O–H groups in total. The lowest BCUT2D eigenvalue weighted by Crippen LogP contribution is -2.61. The maximum atomic E-state index is 11.7. The van der Waals surface area contributed by atoms with E-state index in [1.807, 2.05) is 30.5 Å². The highest BCUT2D eigenvalue weighted by Gasteiger charge is 2.41. The molecule has 1 spiro atoms. The van der Waals surface area contributed by atoms with Gasteiger partial charge in [-0.05, 0) is 32.0 Å². The molecule has 24 heavy (non-hydrogen) atoms. The number of aromatic nitrogens is 2. The van der Waals surface area contributed by atoms with Gasteiger partial charge in [0.1, 0.15) is 5.82 Å². The third-order valence-electron chi connectivity index (χ3n) is 5.49. The van der Waals surface area contributed by atoms with Crippen LogP contribution in [0.5, 0.6) is 0 Å². The van der Waals surface area contributed by atoms with Crippen LogP contribution in [-0.4, -0.2) is 59.5 Å². The van der Waals surface area contributed by atoms with Gasteiger partial charge in [0, 0.05) is 38.1 Å². The standard InChI is InChI=1S/C18H23N5O/c1-22-10-11-23(13-18(22)7-6-17(24)19-9-8-18)16-12-20-14-4-2-3-5-15(14)21-16/h2-5,12H,6-11,13H2,1H3,(H,19,24). The number of hydrogen-bond acceptors (Lipinski definition) is 5. The largest absolute Gasteiger partial charge is 0.356 e. The molecule has 1 unspecified atom stereocenters. The molecule has 126 valence electrons. The van der Waals surface area contributed by atoms with E-state index in [1.54, 1.807) is 0 Å². The Bertz CT molecular complexity index is 764. The second kappa shape index (κ2) is 6.02. The molecule has 2 fully saturated rings. The zero-order valence-electron chi connectivity index (χ0n) is 14.0. The number of benzene rings is 1. The van der Waals surface area contributed by atoms with Crippen molar-refractivity contribution in [2.75, 3.05) is 38.1 Å². The number of carbonyl (C=O) groups is 1. The van der Waals surface area contributed by atoms with Gasteiger partial charge in [-0.15, -0.1) is 0 Å². The number of fused-ring (bicyclic) bond motifs is 1. The van der Waals surface area contributed by atoms with Gasteiger partial charge >= 0.3 is 0 Å². The second-order valence-electron chi connectivity index (χ2n) is 6.88. The number of carbonyl (C=O) groups excluding carboxylic acids is 1. The molecule has 6 heteroatoms. The van der Waals surface area contributed by atoms with E-state index in [2.05, 4.69) is 27.1 Å². The Kier molecular flexibility index (Phi) is 3.84. The van der Waals surface area contributed by atoms with Crippen molar-refractivity contribution in [3.8, 4) is 0 Å². The van der Waals surface area contributed by atoms with Crippen molar-refractivity contribution in [2.24, 2.45) is 0 Å². The molecule has 0 saturated carbocycles. The smallest absolute Gasteiger partial charge is 0.220 e. The van der Waals surface area contributed by atoms with Crippen molar-refractivity contribution in [2.45, 2.75) is 24.8 Å². The van der Waals surface area contributed by atoms with Crippen LogP contribution in [0.15, 0.2) is 30.5 Å². The maximum absolute atomic E-state index is 11.7. The van der Waals surface area contributed by atoms with Gasteiger partial charge in [0.2, 0.25) is 5.91 Å². The Hall–Kier alpha value is -2.21. The highest BCUT2D eigenvalue weighted by Crippen LogP contribution is 2.32. The SMILES string of the molecule is CN1CCN(c2cnc3ccccc3n2)CC12CCNC(=O)CC2. The summed E-state index contributed by atoms with van der Waals surface area (Å²) in [4.78, 5) is 25.9. The summed E-state index contributed by atoms with van der Waals surface area (Å²) in [6.07, 6.45) is 4.35. The predicted octanol–water partition coefficient (Wildman–Crippen LogP) is 1.42. The summed E-state index contributed by atoms with van der Waals surface area (Å²) in [6, 6.07) is 7.97. The van der Waals surface area contributed by atoms with Crippen LogP contribution in [0.3, 0.4) is 0 Å². The maximum Gasteiger partial charge on any atom is 0.220 e. The Labute approximate surface area is 141 Å². The Morgan fingerprint density at radius 1 is 1.17 bits per heavy atom. The van der Waals surface area contributed by atoms with E-state index < -0.39 is 0 Å². The molecule has 1 aromatic carbocycles. The molecule has 0 radical (unpaired) electrons. The first-order chi connectivity index (χ1) is 11.7. The fourth-order valence-corrected chi connectivity index (χ4v) is 3.89. The van der Waals surface area contributed by atoms with E-state index in [-0.39, 0.29) is 11.4 Å². The van der Waals surface area contributed by atoms with E-state index in [0.29, 0.717) is 6.42 Å². The molecule has 2 aliphatic heterocycles. The normalized spacial score (nSPS) is 25.7. The van der Waals surface area contributed by atoms with E-state index in [0.717, 1.165) is 55.9 Å². The minimum atomic E-state index is 0.0325. The van der Waals surface area contributed by atoms with Crippen LogP contribution in [0.1, 0.15) is 19.3 Å². The number of rotatable bonds is 1. The molecule has 3 heterocycles. The molecule has 2 saturated heterocycles. The monoisotopic (exact) mass is 325 g/mol. The summed E-state index contributed by atoms with van der Waals surface area (Å²) >= 11 is 0. The van der Waals surface area contributed by atoms with Crippen LogP contribution in [0.25, 0.3) is 11.0 Å². The minimum absolute atomic E-state index is 0.0325. The second-order valence-corrected chi connectivity index (χ2v) is 6.88. The lowest BCUT2D eigenvalue weighted by atomic mass is 9.86. The van der Waals surface area contributed by atoms with Crippen LogP contribution in [0, 0.1) is 0 Å². The van der Waals surface area contributed by atoms with Gasteiger partial charge in [0.15, 0.2) is 0 Å². The van der Waals surface area contributed by atoms with Crippen molar-refractivity contribution < 1.29 is 4.79 Å². The summed E-state index contributed by atoms with van der Waals surface area (Å²) < 4.78 is 0. The number of piperazine rings is 1. The lowest BCUT2D eigenvalue weighted by Gasteiger charge is -2.49. The average Bonchev–Trinajstić information content (AvgIpc) is 2.79. The molecule has 0 bridgehead atoms. The van der Waals surface area contributed by atoms with E-state index in [1.165, 1.54) is 0 Å². The van der Waals surface area contributed by atoms with E-state index in [4.69, 9.17) is 4.98 Å². The van der Waals surface area contributed by atoms with E-state index >= 15 is 0 Å². The van der Waals surface area contributed by atoms with E-state index in [9.17, 15) is 4.79 Å². The van der Waals surface area contributed by atoms with Crippen molar-refractivity contribution in [1.29, 1.82) is 0 Å². The third kappa shape index (κ3) is 2.71. The summed E-state index contributed by atoms with van der Waals surface area (Å²) in [5, 5.41) is 3.00. The molecule has 4 rings (SSSR count). The highest BCUT2D eigenvalue weighted by molar-refractivity contribution is 5.76. The van der Waals surface area contributed by atoms with Crippen molar-refractivity contribution in [1.82, 2.24) is 20.2 Å². The third-order valence-corrected chi connectivity index (χ3v) is 5.49. The first kappa shape index (κ1) is 15.3. The summed E-state index contributed by atoms with van der Waals surface area (Å²) in [5.41, 5.74) is 1.89. The average molecular weight is 325 g/mol. The number of amides is 1. The van der Waals surface area contributed by atoms with Gasteiger partial charge in [-0.1, -0.05) is 12.1 Å². The molecule has 0 aliphatic carbocycles. The molecular formula is C18H23N5O. The summed E-state index contributed by atoms with van der Waals surface area (Å²) in [6.45, 7) is 3.56. The number of nitrogens with zero attached hydrogens (tertiary/aromatic N) is 4. The van der Waals surface area contributed by atoms with Gasteiger partial charge in [0.25, 0.3) is 0 Å². The van der Waals surface area contributed by atoms with Crippen LogP contribution < -0.4 is 10.2 Å². The van der Waals surface area contributed by atoms with Gasteiger partial charge in [0.05, 0.1) is 17.2 Å². The van der Waals surface area contributed by atoms with Gasteiger partial charge in [-0.25, -0.2) is 4.98 Å². The van der Waals surface area contributed by atoms with Crippen LogP contribution in [0.4, 0.5) is 5.82 Å². The number of hydrogen-bond donors (Lipinski definition) is 1. The van der Waals surface area contributed by atoms with Crippen LogP contribution >= 0.6 is 0 Å². The summed E-state index contributed by atoms with van der Waals surface area (Å²) in [5.74, 6) is 1.10. The Balaban J connectivity index is 1.62. The highest BCUT2D eigenvalue weighted by atomic mass is 16.1. The molecule has 6 nitrogen and oxygen atoms in total. The molecule has 2 aliphatic rings. The van der Waals surface area contributed by atoms with Crippen molar-refractivity contribution in [3.63, 3.8) is 0 Å². The Morgan fingerprint density at radius 3 is 2.88 bits per heavy atom. The predicted molar refractivity (Wildman–Crippen MR) is 94.0 cm³/mol. The van der Waals surface area contributed by atoms with Crippen molar-refractivity contribution in [3.05, 3.63) is 30.5 Å². The van der Waals surface area contributed by atoms with Gasteiger partial charge in [-0.3, -0.25) is 14.7 Å². The molecule has 1 aromatic heterocycles. The number of nitrogens with one attached hydrogen (secondary N) is 1. The van der Waals surface area contributed by atoms with Gasteiger partial charge < -0.3 is 10.2 Å². The molecule has 2 aromatic rings. The zero-order chi connectivity index (χ0) is 16.6. The quantitative estimate of drug-likeness (QED) is 0.859. The minimum Gasteiger partial charge on any atom is -0.356 e. The fraction of sp³-hybridized carbons (Fsp3) is 0.500. The lowest BCUT2D eigenvalue weighted by molar-refractivity contribution is -0.120. The topological polar surface area (TPSA) is 61.4 Å². The number of para-hydroxylation sites is 2. The molecule has 1 amide bonds. The Morgan fingerprint density at radius 2 is 2.00 bits per heavy atom. The number of anilines is 1. The number of likely N-dealkylation sites (N-methyl/N-ethyl adjacent to an activating group) is 1.